The van der Waals surface area contributed by atoms with Crippen LogP contribution in [0.25, 0.3) is 0 Å². The third-order valence-electron chi connectivity index (χ3n) is 2.51. The number of aromatic nitrogens is 1. The Labute approximate surface area is 107 Å². The summed E-state index contributed by atoms with van der Waals surface area (Å²) in [5.74, 6) is 1.28. The van der Waals surface area contributed by atoms with Gasteiger partial charge in [-0.3, -0.25) is 0 Å². The van der Waals surface area contributed by atoms with Crippen molar-refractivity contribution in [2.75, 3.05) is 17.7 Å². The van der Waals surface area contributed by atoms with Crippen LogP contribution < -0.4 is 10.6 Å². The Hall–Kier alpha value is -0.670. The molecule has 0 aromatic carbocycles. The van der Waals surface area contributed by atoms with Crippen LogP contribution in [0.3, 0.4) is 0 Å². The van der Waals surface area contributed by atoms with Crippen molar-refractivity contribution in [3.63, 3.8) is 0 Å². The molecule has 0 spiro atoms. The maximum absolute atomic E-state index is 6.08. The number of nitrogens with zero attached hydrogens (tertiary/aromatic N) is 1. The van der Waals surface area contributed by atoms with Gasteiger partial charge in [0.2, 0.25) is 0 Å². The first kappa shape index (κ1) is 13.4. The van der Waals surface area contributed by atoms with Gasteiger partial charge in [0, 0.05) is 12.6 Å². The highest BCUT2D eigenvalue weighted by Gasteiger charge is 2.18. The zero-order valence-corrected chi connectivity index (χ0v) is 11.5. The van der Waals surface area contributed by atoms with E-state index < -0.39 is 0 Å². The number of hydrogen-bond donors (Lipinski definition) is 2. The SMILES string of the molecule is CCC(C)(C)Nc1nc(NC)c(Cl)cc1Cl. The number of rotatable bonds is 4. The predicted molar refractivity (Wildman–Crippen MR) is 71.8 cm³/mol. The summed E-state index contributed by atoms with van der Waals surface area (Å²) in [5, 5.41) is 7.27. The number of anilines is 2. The van der Waals surface area contributed by atoms with Crippen molar-refractivity contribution in [1.82, 2.24) is 4.98 Å². The summed E-state index contributed by atoms with van der Waals surface area (Å²) in [6.45, 7) is 6.30. The van der Waals surface area contributed by atoms with Gasteiger partial charge < -0.3 is 10.6 Å². The van der Waals surface area contributed by atoms with E-state index in [9.17, 15) is 0 Å². The molecule has 0 amide bonds. The summed E-state index contributed by atoms with van der Waals surface area (Å²) in [5.41, 5.74) is -0.0461. The van der Waals surface area contributed by atoms with Crippen LogP contribution in [-0.2, 0) is 0 Å². The molecule has 0 bridgehead atoms. The number of halogens is 2. The topological polar surface area (TPSA) is 37.0 Å². The monoisotopic (exact) mass is 261 g/mol. The molecule has 0 atom stereocenters. The van der Waals surface area contributed by atoms with E-state index >= 15 is 0 Å². The fraction of sp³-hybridized carbons (Fsp3) is 0.545. The molecular weight excluding hydrogens is 245 g/mol. The molecular formula is C11H17Cl2N3. The lowest BCUT2D eigenvalue weighted by Crippen LogP contribution is -2.30. The largest absolute Gasteiger partial charge is 0.372 e. The Morgan fingerprint density at radius 1 is 1.25 bits per heavy atom. The minimum absolute atomic E-state index is 0.0461. The highest BCUT2D eigenvalue weighted by Crippen LogP contribution is 2.30. The van der Waals surface area contributed by atoms with Gasteiger partial charge in [0.25, 0.3) is 0 Å². The third-order valence-corrected chi connectivity index (χ3v) is 3.08. The molecule has 90 valence electrons. The van der Waals surface area contributed by atoms with E-state index in [1.165, 1.54) is 0 Å². The first-order valence-electron chi connectivity index (χ1n) is 5.21. The third kappa shape index (κ3) is 3.16. The molecule has 2 N–H and O–H groups in total. The Balaban J connectivity index is 3.05. The van der Waals surface area contributed by atoms with Crippen LogP contribution in [-0.4, -0.2) is 17.6 Å². The molecule has 0 unspecified atom stereocenters. The maximum atomic E-state index is 6.08. The first-order valence-corrected chi connectivity index (χ1v) is 5.97. The molecule has 3 nitrogen and oxygen atoms in total. The van der Waals surface area contributed by atoms with Crippen LogP contribution in [0.4, 0.5) is 11.6 Å². The van der Waals surface area contributed by atoms with E-state index in [0.29, 0.717) is 21.7 Å². The van der Waals surface area contributed by atoms with Crippen LogP contribution in [0.2, 0.25) is 10.0 Å². The zero-order valence-electron chi connectivity index (χ0n) is 9.99. The Morgan fingerprint density at radius 2 is 1.81 bits per heavy atom. The second-order valence-corrected chi connectivity index (χ2v) is 5.08. The molecule has 0 aliphatic rings. The van der Waals surface area contributed by atoms with E-state index in [4.69, 9.17) is 23.2 Å². The lowest BCUT2D eigenvalue weighted by Gasteiger charge is -2.26. The summed E-state index contributed by atoms with van der Waals surface area (Å²) in [7, 11) is 1.77. The first-order chi connectivity index (χ1) is 7.39. The van der Waals surface area contributed by atoms with Gasteiger partial charge in [0.1, 0.15) is 11.6 Å². The van der Waals surface area contributed by atoms with Crippen LogP contribution in [0.5, 0.6) is 0 Å². The van der Waals surface area contributed by atoms with Crippen LogP contribution in [0.1, 0.15) is 27.2 Å². The smallest absolute Gasteiger partial charge is 0.147 e. The molecule has 0 saturated carbocycles. The minimum atomic E-state index is -0.0461. The number of hydrogen-bond acceptors (Lipinski definition) is 3. The standard InChI is InChI=1S/C11H17Cl2N3/c1-5-11(2,3)16-10-8(13)6-7(12)9(14-4)15-10/h6H,5H2,1-4H3,(H2,14,15,16). The van der Waals surface area contributed by atoms with Gasteiger partial charge in [-0.1, -0.05) is 30.1 Å². The summed E-state index contributed by atoms with van der Waals surface area (Å²) >= 11 is 12.1. The van der Waals surface area contributed by atoms with Crippen LogP contribution in [0.15, 0.2) is 6.07 Å². The number of nitrogens with one attached hydrogen (secondary N) is 2. The normalized spacial score (nSPS) is 11.4. The molecule has 0 radical (unpaired) electrons. The summed E-state index contributed by atoms with van der Waals surface area (Å²) in [6.07, 6.45) is 0.975. The lowest BCUT2D eigenvalue weighted by atomic mass is 10.0. The maximum Gasteiger partial charge on any atom is 0.147 e. The van der Waals surface area contributed by atoms with Crippen molar-refractivity contribution in [3.8, 4) is 0 Å². The molecule has 1 heterocycles. The van der Waals surface area contributed by atoms with E-state index in [1.807, 2.05) is 0 Å². The molecule has 1 aromatic heterocycles. The van der Waals surface area contributed by atoms with Gasteiger partial charge >= 0.3 is 0 Å². The Bertz CT molecular complexity index is 378. The predicted octanol–water partition coefficient (Wildman–Crippen LogP) is 4.03. The summed E-state index contributed by atoms with van der Waals surface area (Å²) in [4.78, 5) is 4.34. The Morgan fingerprint density at radius 3 is 2.31 bits per heavy atom. The average molecular weight is 262 g/mol. The minimum Gasteiger partial charge on any atom is -0.372 e. The lowest BCUT2D eigenvalue weighted by molar-refractivity contribution is 0.545. The molecule has 1 aromatic rings. The fourth-order valence-corrected chi connectivity index (χ4v) is 1.64. The van der Waals surface area contributed by atoms with Crippen LogP contribution in [0, 0.1) is 0 Å². The van der Waals surface area contributed by atoms with Gasteiger partial charge in [0.15, 0.2) is 0 Å². The van der Waals surface area contributed by atoms with Gasteiger partial charge in [0.05, 0.1) is 10.0 Å². The molecule has 0 saturated heterocycles. The second-order valence-electron chi connectivity index (χ2n) is 4.26. The van der Waals surface area contributed by atoms with E-state index in [2.05, 4.69) is 36.4 Å². The van der Waals surface area contributed by atoms with Gasteiger partial charge in [-0.05, 0) is 26.3 Å². The molecule has 5 heteroatoms. The van der Waals surface area contributed by atoms with E-state index in [0.717, 1.165) is 6.42 Å². The van der Waals surface area contributed by atoms with Crippen molar-refractivity contribution < 1.29 is 0 Å². The van der Waals surface area contributed by atoms with E-state index in [-0.39, 0.29) is 5.54 Å². The molecule has 0 fully saturated rings. The van der Waals surface area contributed by atoms with Crippen molar-refractivity contribution in [3.05, 3.63) is 16.1 Å². The Kier molecular flexibility index (Phi) is 4.28. The molecule has 16 heavy (non-hydrogen) atoms. The fourth-order valence-electron chi connectivity index (χ4n) is 1.14. The highest BCUT2D eigenvalue weighted by molar-refractivity contribution is 6.37. The average Bonchev–Trinajstić information content (AvgIpc) is 2.22. The van der Waals surface area contributed by atoms with Gasteiger partial charge in [-0.15, -0.1) is 0 Å². The van der Waals surface area contributed by atoms with Crippen LogP contribution >= 0.6 is 23.2 Å². The second kappa shape index (κ2) is 5.11. The molecule has 0 aliphatic heterocycles. The number of pyridine rings is 1. The quantitative estimate of drug-likeness (QED) is 0.860. The van der Waals surface area contributed by atoms with Crippen molar-refractivity contribution in [1.29, 1.82) is 0 Å². The zero-order chi connectivity index (χ0) is 12.3. The highest BCUT2D eigenvalue weighted by atomic mass is 35.5. The molecule has 1 rings (SSSR count). The van der Waals surface area contributed by atoms with Gasteiger partial charge in [-0.2, -0.15) is 0 Å². The van der Waals surface area contributed by atoms with E-state index in [1.54, 1.807) is 13.1 Å². The molecule has 0 aliphatic carbocycles. The van der Waals surface area contributed by atoms with Crippen molar-refractivity contribution in [2.45, 2.75) is 32.7 Å². The van der Waals surface area contributed by atoms with Crippen molar-refractivity contribution in [2.24, 2.45) is 0 Å². The van der Waals surface area contributed by atoms with Crippen molar-refractivity contribution >= 4 is 34.8 Å². The summed E-state index contributed by atoms with van der Waals surface area (Å²) in [6, 6.07) is 1.69. The van der Waals surface area contributed by atoms with Gasteiger partial charge in [-0.25, -0.2) is 4.98 Å². The summed E-state index contributed by atoms with van der Waals surface area (Å²) < 4.78 is 0.